The summed E-state index contributed by atoms with van der Waals surface area (Å²) in [6.07, 6.45) is 0.829. The molecule has 0 spiro atoms. The van der Waals surface area contributed by atoms with Crippen molar-refractivity contribution in [1.29, 1.82) is 0 Å². The van der Waals surface area contributed by atoms with E-state index in [-0.39, 0.29) is 30.7 Å². The Kier molecular flexibility index (Phi) is 13.3. The van der Waals surface area contributed by atoms with Gasteiger partial charge in [-0.2, -0.15) is 0 Å². The summed E-state index contributed by atoms with van der Waals surface area (Å²) >= 11 is 0. The summed E-state index contributed by atoms with van der Waals surface area (Å²) in [6.45, 7) is 7.21. The zero-order chi connectivity index (χ0) is 28.1. The first kappa shape index (κ1) is 31.8. The maximum absolute atomic E-state index is 13.8. The molecule has 0 aliphatic heterocycles. The van der Waals surface area contributed by atoms with Crippen molar-refractivity contribution in [2.45, 2.75) is 71.6 Å². The molecule has 0 fully saturated rings. The normalized spacial score (nSPS) is 13.4. The molecule has 0 aliphatic rings. The number of halogens is 2. The molecule has 0 saturated carbocycles. The first-order valence-corrected chi connectivity index (χ1v) is 14.9. The lowest BCUT2D eigenvalue weighted by molar-refractivity contribution is -0.122. The minimum Gasteiger partial charge on any atom is -0.390 e. The van der Waals surface area contributed by atoms with Crippen LogP contribution in [0.4, 0.5) is 8.78 Å². The van der Waals surface area contributed by atoms with Gasteiger partial charge in [0.2, 0.25) is 15.9 Å². The number of nitrogens with zero attached hydrogens (tertiary/aromatic N) is 1. The molecule has 0 aromatic heterocycles. The molecule has 2 aromatic carbocycles. The van der Waals surface area contributed by atoms with E-state index in [1.54, 1.807) is 0 Å². The monoisotopic (exact) mass is 553 g/mol. The number of carbonyl (C=O) groups is 1. The van der Waals surface area contributed by atoms with Crippen molar-refractivity contribution in [3.8, 4) is 0 Å². The quantitative estimate of drug-likeness (QED) is 0.278. The fraction of sp³-hybridized carbons (Fsp3) is 0.536. The largest absolute Gasteiger partial charge is 0.390 e. The third kappa shape index (κ3) is 10.8. The van der Waals surface area contributed by atoms with E-state index in [1.165, 1.54) is 9.87 Å². The number of carbonyl (C=O) groups excluding carboxylic acids is 1. The average Bonchev–Trinajstić information content (AvgIpc) is 2.86. The van der Waals surface area contributed by atoms with Crippen molar-refractivity contribution in [3.05, 3.63) is 70.8 Å². The zero-order valence-electron chi connectivity index (χ0n) is 22.6. The van der Waals surface area contributed by atoms with E-state index in [4.69, 9.17) is 0 Å². The Morgan fingerprint density at radius 3 is 2.21 bits per heavy atom. The van der Waals surface area contributed by atoms with Crippen molar-refractivity contribution in [2.24, 2.45) is 0 Å². The number of amides is 1. The zero-order valence-corrected chi connectivity index (χ0v) is 23.4. The van der Waals surface area contributed by atoms with Crippen LogP contribution in [0.15, 0.2) is 42.5 Å². The summed E-state index contributed by atoms with van der Waals surface area (Å²) in [5, 5.41) is 16.8. The van der Waals surface area contributed by atoms with Crippen LogP contribution in [0.1, 0.15) is 56.7 Å². The van der Waals surface area contributed by atoms with Gasteiger partial charge in [0.1, 0.15) is 11.6 Å². The highest BCUT2D eigenvalue weighted by Crippen LogP contribution is 2.13. The third-order valence-corrected chi connectivity index (χ3v) is 8.07. The Hall–Kier alpha value is -2.40. The molecule has 212 valence electrons. The van der Waals surface area contributed by atoms with Gasteiger partial charge in [0, 0.05) is 38.7 Å². The average molecular weight is 554 g/mol. The van der Waals surface area contributed by atoms with Crippen molar-refractivity contribution < 1.29 is 27.1 Å². The number of rotatable bonds is 17. The minimum atomic E-state index is -3.62. The highest BCUT2D eigenvalue weighted by atomic mass is 32.2. The molecule has 0 heterocycles. The van der Waals surface area contributed by atoms with Gasteiger partial charge in [-0.05, 0) is 54.5 Å². The van der Waals surface area contributed by atoms with Crippen LogP contribution in [-0.4, -0.2) is 61.3 Å². The SMILES string of the molecule is CCCN(CCC)S(=O)(=O)CCC(=O)NC(Cc1cc(F)cc(F)c1)C(O)CNCc1cccc(CC)c1. The van der Waals surface area contributed by atoms with E-state index in [9.17, 15) is 27.1 Å². The smallest absolute Gasteiger partial charge is 0.221 e. The van der Waals surface area contributed by atoms with Crippen molar-refractivity contribution >= 4 is 15.9 Å². The van der Waals surface area contributed by atoms with Crippen LogP contribution >= 0.6 is 0 Å². The summed E-state index contributed by atoms with van der Waals surface area (Å²) in [4.78, 5) is 12.8. The topological polar surface area (TPSA) is 98.7 Å². The van der Waals surface area contributed by atoms with E-state index in [0.717, 1.165) is 30.2 Å². The first-order chi connectivity index (χ1) is 18.1. The van der Waals surface area contributed by atoms with Gasteiger partial charge in [0.25, 0.3) is 0 Å². The molecule has 1 amide bonds. The first-order valence-electron chi connectivity index (χ1n) is 13.3. The number of aliphatic hydroxyl groups is 1. The molecule has 0 saturated heterocycles. The maximum Gasteiger partial charge on any atom is 0.221 e. The van der Waals surface area contributed by atoms with E-state index >= 15 is 0 Å². The Morgan fingerprint density at radius 2 is 1.61 bits per heavy atom. The third-order valence-electron chi connectivity index (χ3n) is 6.20. The molecule has 0 radical (unpaired) electrons. The standard InChI is InChI=1S/C28H41F2N3O4S/c1-4-11-33(12-5-2)38(36,37)13-10-28(35)32-26(17-23-15-24(29)18-25(30)16-23)27(34)20-31-19-22-9-7-8-21(6-3)14-22/h7-9,14-16,18,26-27,31,34H,4-6,10-13,17,19-20H2,1-3H3,(H,32,35). The molecule has 10 heteroatoms. The van der Waals surface area contributed by atoms with Gasteiger partial charge in [0.15, 0.2) is 0 Å². The molecule has 2 atom stereocenters. The Labute approximate surface area is 225 Å². The van der Waals surface area contributed by atoms with Crippen molar-refractivity contribution in [1.82, 2.24) is 14.9 Å². The molecule has 3 N–H and O–H groups in total. The number of aliphatic hydroxyl groups excluding tert-OH is 1. The molecular weight excluding hydrogens is 512 g/mol. The number of sulfonamides is 1. The van der Waals surface area contributed by atoms with Gasteiger partial charge in [0.05, 0.1) is 17.9 Å². The molecule has 2 rings (SSSR count). The highest BCUT2D eigenvalue weighted by Gasteiger charge is 2.25. The van der Waals surface area contributed by atoms with Gasteiger partial charge < -0.3 is 15.7 Å². The van der Waals surface area contributed by atoms with Crippen LogP contribution in [0.25, 0.3) is 0 Å². The van der Waals surface area contributed by atoms with E-state index in [1.807, 2.05) is 32.0 Å². The molecule has 38 heavy (non-hydrogen) atoms. The van der Waals surface area contributed by atoms with Crippen molar-refractivity contribution in [3.63, 3.8) is 0 Å². The Bertz CT molecular complexity index is 1100. The van der Waals surface area contributed by atoms with Crippen molar-refractivity contribution in [2.75, 3.05) is 25.4 Å². The van der Waals surface area contributed by atoms with Crippen LogP contribution in [0.3, 0.4) is 0 Å². The molecule has 2 unspecified atom stereocenters. The fourth-order valence-corrected chi connectivity index (χ4v) is 5.87. The maximum atomic E-state index is 13.8. The van der Waals surface area contributed by atoms with Gasteiger partial charge in [-0.3, -0.25) is 4.79 Å². The Balaban J connectivity index is 2.07. The lowest BCUT2D eigenvalue weighted by Crippen LogP contribution is -2.49. The second-order valence-electron chi connectivity index (χ2n) is 9.49. The predicted molar refractivity (Wildman–Crippen MR) is 146 cm³/mol. The summed E-state index contributed by atoms with van der Waals surface area (Å²) in [5.41, 5.74) is 2.50. The van der Waals surface area contributed by atoms with Gasteiger partial charge in [-0.15, -0.1) is 0 Å². The molecule has 2 aromatic rings. The molecular formula is C28H41F2N3O4S. The number of aryl methyl sites for hydroxylation is 1. The fourth-order valence-electron chi connectivity index (χ4n) is 4.25. The molecule has 7 nitrogen and oxygen atoms in total. The number of hydrogen-bond donors (Lipinski definition) is 3. The highest BCUT2D eigenvalue weighted by molar-refractivity contribution is 7.89. The van der Waals surface area contributed by atoms with Gasteiger partial charge in [-0.25, -0.2) is 21.5 Å². The van der Waals surface area contributed by atoms with E-state index in [2.05, 4.69) is 23.6 Å². The lowest BCUT2D eigenvalue weighted by atomic mass is 10.0. The van der Waals surface area contributed by atoms with Crippen LogP contribution in [0.2, 0.25) is 0 Å². The van der Waals surface area contributed by atoms with Crippen LogP contribution in [0, 0.1) is 11.6 Å². The van der Waals surface area contributed by atoms with Crippen LogP contribution < -0.4 is 10.6 Å². The van der Waals surface area contributed by atoms with Gasteiger partial charge >= 0.3 is 0 Å². The van der Waals surface area contributed by atoms with Crippen LogP contribution in [-0.2, 0) is 34.2 Å². The van der Waals surface area contributed by atoms with Gasteiger partial charge in [-0.1, -0.05) is 45.0 Å². The number of hydrogen-bond acceptors (Lipinski definition) is 5. The summed E-state index contributed by atoms with van der Waals surface area (Å²) in [6, 6.07) is 10.2. The minimum absolute atomic E-state index is 0.0286. The Morgan fingerprint density at radius 1 is 0.974 bits per heavy atom. The lowest BCUT2D eigenvalue weighted by Gasteiger charge is -2.25. The van der Waals surface area contributed by atoms with E-state index < -0.39 is 39.7 Å². The summed E-state index contributed by atoms with van der Waals surface area (Å²) < 4.78 is 54.4. The van der Waals surface area contributed by atoms with E-state index in [0.29, 0.717) is 32.5 Å². The summed E-state index contributed by atoms with van der Waals surface area (Å²) in [5.74, 6) is -2.43. The molecule has 0 bridgehead atoms. The number of nitrogens with one attached hydrogen (secondary N) is 2. The number of benzene rings is 2. The second kappa shape index (κ2) is 15.9. The predicted octanol–water partition coefficient (Wildman–Crippen LogP) is 3.55. The molecule has 0 aliphatic carbocycles. The summed E-state index contributed by atoms with van der Waals surface area (Å²) in [7, 11) is -3.62. The second-order valence-corrected chi connectivity index (χ2v) is 11.6. The van der Waals surface area contributed by atoms with Crippen LogP contribution in [0.5, 0.6) is 0 Å².